The first-order valence-corrected chi connectivity index (χ1v) is 13.7. The van der Waals surface area contributed by atoms with Crippen molar-refractivity contribution < 1.29 is 19.4 Å². The summed E-state index contributed by atoms with van der Waals surface area (Å²) in [6.07, 6.45) is 5.23. The largest absolute Gasteiger partial charge is 0.482 e. The molecule has 4 aliphatic rings. The van der Waals surface area contributed by atoms with Gasteiger partial charge in [-0.1, -0.05) is 36.4 Å². The highest BCUT2D eigenvalue weighted by molar-refractivity contribution is 7.97. The Morgan fingerprint density at radius 1 is 0.800 bits per heavy atom. The molecule has 35 heavy (non-hydrogen) atoms. The number of ether oxygens (including phenoxy) is 2. The number of aliphatic hydroxyl groups is 1. The molecular weight excluding hydrogens is 456 g/mol. The van der Waals surface area contributed by atoms with Crippen molar-refractivity contribution in [1.29, 1.82) is 0 Å². The molecule has 4 saturated carbocycles. The van der Waals surface area contributed by atoms with Crippen LogP contribution >= 0.6 is 0 Å². The van der Waals surface area contributed by atoms with Gasteiger partial charge < -0.3 is 14.6 Å². The SMILES string of the molecule is O=C(COc1ccc([S+](c2ccccc2)c2ccccc2)cc1)OC12CC3CC(CC(O)(C3)C1)C2. The first kappa shape index (κ1) is 22.7. The van der Waals surface area contributed by atoms with Gasteiger partial charge in [-0.2, -0.15) is 0 Å². The van der Waals surface area contributed by atoms with Crippen molar-refractivity contribution in [2.24, 2.45) is 11.8 Å². The zero-order valence-electron chi connectivity index (χ0n) is 19.8. The molecule has 0 amide bonds. The normalized spacial score (nSPS) is 28.7. The van der Waals surface area contributed by atoms with Crippen molar-refractivity contribution in [3.63, 3.8) is 0 Å². The molecule has 0 saturated heterocycles. The van der Waals surface area contributed by atoms with Crippen molar-refractivity contribution >= 4 is 16.9 Å². The van der Waals surface area contributed by atoms with E-state index < -0.39 is 11.2 Å². The van der Waals surface area contributed by atoms with Gasteiger partial charge in [0.15, 0.2) is 21.3 Å². The van der Waals surface area contributed by atoms with E-state index in [1.165, 1.54) is 14.7 Å². The summed E-state index contributed by atoms with van der Waals surface area (Å²) in [5.41, 5.74) is -1.14. The zero-order valence-corrected chi connectivity index (χ0v) is 20.6. The third-order valence-corrected chi connectivity index (χ3v) is 9.91. The highest BCUT2D eigenvalue weighted by atomic mass is 32.2. The van der Waals surface area contributed by atoms with Crippen LogP contribution in [0.2, 0.25) is 0 Å². The first-order chi connectivity index (χ1) is 17.0. The lowest BCUT2D eigenvalue weighted by Gasteiger charge is -2.59. The van der Waals surface area contributed by atoms with Crippen LogP contribution in [0.3, 0.4) is 0 Å². The van der Waals surface area contributed by atoms with Crippen molar-refractivity contribution in [1.82, 2.24) is 0 Å². The lowest BCUT2D eigenvalue weighted by Crippen LogP contribution is -2.60. The van der Waals surface area contributed by atoms with Gasteiger partial charge in [0.05, 0.1) is 16.5 Å². The molecule has 4 fully saturated rings. The fourth-order valence-electron chi connectivity index (χ4n) is 6.86. The van der Waals surface area contributed by atoms with Crippen LogP contribution in [0, 0.1) is 11.8 Å². The Labute approximate surface area is 209 Å². The van der Waals surface area contributed by atoms with Crippen molar-refractivity contribution in [3.8, 4) is 5.75 Å². The van der Waals surface area contributed by atoms with Crippen LogP contribution in [0.15, 0.2) is 99.6 Å². The van der Waals surface area contributed by atoms with E-state index in [-0.39, 0.29) is 23.5 Å². The number of carbonyl (C=O) groups is 1. The molecular formula is C30H31O4S+. The van der Waals surface area contributed by atoms with E-state index in [2.05, 4.69) is 60.7 Å². The fraction of sp³-hybridized carbons (Fsp3) is 0.367. The molecule has 4 nitrogen and oxygen atoms in total. The van der Waals surface area contributed by atoms with Crippen molar-refractivity contribution in [2.75, 3.05) is 6.61 Å². The second-order valence-electron chi connectivity index (χ2n) is 10.5. The van der Waals surface area contributed by atoms with Gasteiger partial charge in [0, 0.05) is 6.42 Å². The molecule has 5 heteroatoms. The summed E-state index contributed by atoms with van der Waals surface area (Å²) in [6.45, 7) is -0.113. The summed E-state index contributed by atoms with van der Waals surface area (Å²) >= 11 is 0. The molecule has 180 valence electrons. The highest BCUT2D eigenvalue weighted by Crippen LogP contribution is 2.58. The Morgan fingerprint density at radius 2 is 1.34 bits per heavy atom. The van der Waals surface area contributed by atoms with Crippen LogP contribution in [0.5, 0.6) is 5.75 Å². The van der Waals surface area contributed by atoms with E-state index in [1.54, 1.807) is 0 Å². The molecule has 3 aromatic rings. The molecule has 3 aromatic carbocycles. The minimum absolute atomic E-state index is 0.113. The predicted molar refractivity (Wildman–Crippen MR) is 135 cm³/mol. The Bertz CT molecular complexity index is 1120. The monoisotopic (exact) mass is 487 g/mol. The molecule has 1 N–H and O–H groups in total. The van der Waals surface area contributed by atoms with Crippen LogP contribution in [-0.4, -0.2) is 28.9 Å². The Kier molecular flexibility index (Phi) is 5.85. The quantitative estimate of drug-likeness (QED) is 0.339. The number of carbonyl (C=O) groups excluding carboxylic acids is 1. The van der Waals surface area contributed by atoms with E-state index in [9.17, 15) is 9.90 Å². The highest BCUT2D eigenvalue weighted by Gasteiger charge is 2.59. The van der Waals surface area contributed by atoms with E-state index in [1.807, 2.05) is 24.3 Å². The summed E-state index contributed by atoms with van der Waals surface area (Å²) in [5.74, 6) is 1.27. The predicted octanol–water partition coefficient (Wildman–Crippen LogP) is 5.79. The van der Waals surface area contributed by atoms with E-state index in [4.69, 9.17) is 9.47 Å². The summed E-state index contributed by atoms with van der Waals surface area (Å²) in [7, 11) is -0.219. The maximum absolute atomic E-state index is 12.7. The Balaban J connectivity index is 1.12. The molecule has 0 aromatic heterocycles. The van der Waals surface area contributed by atoms with Crippen LogP contribution in [-0.2, 0) is 20.4 Å². The number of hydrogen-bond acceptors (Lipinski definition) is 4. The number of esters is 1. The summed E-state index contributed by atoms with van der Waals surface area (Å²) in [5, 5.41) is 10.9. The lowest BCUT2D eigenvalue weighted by atomic mass is 9.52. The third kappa shape index (κ3) is 4.72. The van der Waals surface area contributed by atoms with E-state index >= 15 is 0 Å². The van der Waals surface area contributed by atoms with Crippen molar-refractivity contribution in [2.45, 2.75) is 64.4 Å². The zero-order chi connectivity index (χ0) is 23.9. The number of hydrogen-bond donors (Lipinski definition) is 1. The standard InChI is InChI=1S/C30H31O4S/c31-28(34-30-18-22-15-23(19-30)17-29(32,16-22)21-30)20-33-24-11-13-27(14-12-24)35(25-7-3-1-4-8-25)26-9-5-2-6-10-26/h1-14,22-23,32H,15-21H2/q+1. The topological polar surface area (TPSA) is 55.8 Å². The average Bonchev–Trinajstić information content (AvgIpc) is 2.83. The van der Waals surface area contributed by atoms with E-state index in [0.29, 0.717) is 24.0 Å². The fourth-order valence-corrected chi connectivity index (χ4v) is 8.94. The second-order valence-corrected chi connectivity index (χ2v) is 12.6. The van der Waals surface area contributed by atoms with Gasteiger partial charge in [0.1, 0.15) is 11.4 Å². The maximum atomic E-state index is 12.7. The molecule has 2 atom stereocenters. The summed E-state index contributed by atoms with van der Waals surface area (Å²) in [6, 6.07) is 29.1. The van der Waals surface area contributed by atoms with Crippen LogP contribution < -0.4 is 4.74 Å². The minimum atomic E-state index is -0.643. The Morgan fingerprint density at radius 3 is 1.89 bits per heavy atom. The van der Waals surface area contributed by atoms with Crippen LogP contribution in [0.1, 0.15) is 38.5 Å². The maximum Gasteiger partial charge on any atom is 0.344 e. The smallest absolute Gasteiger partial charge is 0.344 e. The molecule has 0 radical (unpaired) electrons. The third-order valence-electron chi connectivity index (χ3n) is 7.68. The number of rotatable bonds is 7. The Hall–Kier alpha value is -2.76. The van der Waals surface area contributed by atoms with Gasteiger partial charge in [0.2, 0.25) is 0 Å². The van der Waals surface area contributed by atoms with Gasteiger partial charge in [-0.25, -0.2) is 4.79 Å². The average molecular weight is 488 g/mol. The van der Waals surface area contributed by atoms with E-state index in [0.717, 1.165) is 32.1 Å². The first-order valence-electron chi connectivity index (χ1n) is 12.5. The lowest BCUT2D eigenvalue weighted by molar-refractivity contribution is -0.220. The molecule has 4 bridgehead atoms. The molecule has 7 rings (SSSR count). The van der Waals surface area contributed by atoms with Gasteiger partial charge in [-0.15, -0.1) is 0 Å². The van der Waals surface area contributed by atoms with Crippen LogP contribution in [0.4, 0.5) is 0 Å². The van der Waals surface area contributed by atoms with Gasteiger partial charge in [-0.05, 0) is 92.5 Å². The summed E-state index contributed by atoms with van der Waals surface area (Å²) < 4.78 is 11.8. The molecule has 0 spiro atoms. The molecule has 0 heterocycles. The molecule has 0 aliphatic heterocycles. The summed E-state index contributed by atoms with van der Waals surface area (Å²) in [4.78, 5) is 16.4. The number of benzene rings is 3. The van der Waals surface area contributed by atoms with Gasteiger partial charge >= 0.3 is 5.97 Å². The molecule has 2 unspecified atom stereocenters. The minimum Gasteiger partial charge on any atom is -0.482 e. The second kappa shape index (κ2) is 9.03. The van der Waals surface area contributed by atoms with Gasteiger partial charge in [0.25, 0.3) is 0 Å². The van der Waals surface area contributed by atoms with Crippen LogP contribution in [0.25, 0.3) is 0 Å². The molecule has 4 aliphatic carbocycles. The van der Waals surface area contributed by atoms with Crippen molar-refractivity contribution in [3.05, 3.63) is 84.9 Å². The van der Waals surface area contributed by atoms with Gasteiger partial charge in [-0.3, -0.25) is 0 Å².